The van der Waals surface area contributed by atoms with Gasteiger partial charge in [0.15, 0.2) is 5.96 Å². The van der Waals surface area contributed by atoms with Gasteiger partial charge in [0, 0.05) is 62.9 Å². The number of aromatic amines is 1. The Kier molecular flexibility index (Phi) is 5.37. The summed E-state index contributed by atoms with van der Waals surface area (Å²) in [6, 6.07) is 6.58. The van der Waals surface area contributed by atoms with Crippen molar-refractivity contribution in [2.45, 2.75) is 32.1 Å². The Balaban J connectivity index is 1.35. The average Bonchev–Trinajstić information content (AvgIpc) is 3.44. The highest BCUT2D eigenvalue weighted by molar-refractivity contribution is 5.86. The number of nitrogens with zero attached hydrogens (tertiary/aromatic N) is 4. The Labute approximate surface area is 166 Å². The molecule has 1 atom stereocenters. The van der Waals surface area contributed by atoms with E-state index in [1.807, 2.05) is 25.0 Å². The van der Waals surface area contributed by atoms with Gasteiger partial charge in [-0.15, -0.1) is 0 Å². The van der Waals surface area contributed by atoms with Gasteiger partial charge in [-0.05, 0) is 36.0 Å². The molecule has 0 amide bonds. The fourth-order valence-electron chi connectivity index (χ4n) is 4.29. The van der Waals surface area contributed by atoms with E-state index in [1.165, 1.54) is 27.6 Å². The van der Waals surface area contributed by atoms with E-state index >= 15 is 0 Å². The zero-order valence-electron chi connectivity index (χ0n) is 17.1. The van der Waals surface area contributed by atoms with Gasteiger partial charge in [-0.2, -0.15) is 5.10 Å². The molecule has 148 valence electrons. The van der Waals surface area contributed by atoms with E-state index < -0.39 is 0 Å². The van der Waals surface area contributed by atoms with Crippen molar-refractivity contribution in [2.24, 2.45) is 12.0 Å². The first-order valence-electron chi connectivity index (χ1n) is 10.2. The Bertz CT molecular complexity index is 966. The molecular formula is C22H30N6. The van der Waals surface area contributed by atoms with Gasteiger partial charge in [0.1, 0.15) is 0 Å². The number of hydrogen-bond donors (Lipinski definition) is 2. The molecule has 3 aromatic rings. The van der Waals surface area contributed by atoms with Gasteiger partial charge in [0.2, 0.25) is 0 Å². The predicted octanol–water partition coefficient (Wildman–Crippen LogP) is 3.07. The lowest BCUT2D eigenvalue weighted by Gasteiger charge is -2.21. The third-order valence-corrected chi connectivity index (χ3v) is 5.84. The van der Waals surface area contributed by atoms with Crippen molar-refractivity contribution in [3.63, 3.8) is 0 Å². The molecule has 1 aliphatic heterocycles. The number of likely N-dealkylation sites (tertiary alicyclic amines) is 1. The van der Waals surface area contributed by atoms with Crippen LogP contribution in [0.5, 0.6) is 0 Å². The number of aliphatic imine (C=N–C) groups is 1. The highest BCUT2D eigenvalue weighted by atomic mass is 15.3. The molecule has 6 nitrogen and oxygen atoms in total. The van der Waals surface area contributed by atoms with E-state index in [4.69, 9.17) is 0 Å². The van der Waals surface area contributed by atoms with Crippen LogP contribution >= 0.6 is 0 Å². The zero-order chi connectivity index (χ0) is 19.5. The van der Waals surface area contributed by atoms with E-state index in [-0.39, 0.29) is 0 Å². The highest BCUT2D eigenvalue weighted by Gasteiger charge is 2.26. The summed E-state index contributed by atoms with van der Waals surface area (Å²) < 4.78 is 1.89. The van der Waals surface area contributed by atoms with Gasteiger partial charge in [-0.25, -0.2) is 0 Å². The summed E-state index contributed by atoms with van der Waals surface area (Å²) in [6.45, 7) is 5.12. The number of para-hydroxylation sites is 1. The fourth-order valence-corrected chi connectivity index (χ4v) is 4.29. The minimum absolute atomic E-state index is 0.535. The molecule has 1 unspecified atom stereocenters. The minimum Gasteiger partial charge on any atom is -0.361 e. The lowest BCUT2D eigenvalue weighted by Crippen LogP contribution is -2.40. The summed E-state index contributed by atoms with van der Waals surface area (Å²) in [5, 5.41) is 9.22. The molecule has 2 N–H and O–H groups in total. The standard InChI is InChI=1S/C22H30N6/c1-4-16-6-5-7-20-17(12-25-21(16)20)8-10-24-22(23-2)28-11-9-18(15-28)19-13-26-27(3)14-19/h5-7,12-14,18,25H,4,8-11,15H2,1-3H3,(H,23,24). The maximum absolute atomic E-state index is 4.51. The molecule has 1 saturated heterocycles. The van der Waals surface area contributed by atoms with Gasteiger partial charge in [-0.3, -0.25) is 9.67 Å². The molecule has 0 spiro atoms. The van der Waals surface area contributed by atoms with Gasteiger partial charge in [-0.1, -0.05) is 25.1 Å². The first kappa shape index (κ1) is 18.6. The highest BCUT2D eigenvalue weighted by Crippen LogP contribution is 2.27. The lowest BCUT2D eigenvalue weighted by molar-refractivity contribution is 0.486. The number of hydrogen-bond acceptors (Lipinski definition) is 2. The summed E-state index contributed by atoms with van der Waals surface area (Å²) in [5.74, 6) is 1.54. The van der Waals surface area contributed by atoms with Crippen LogP contribution in [0.4, 0.5) is 0 Å². The Morgan fingerprint density at radius 3 is 3.00 bits per heavy atom. The van der Waals surface area contributed by atoms with Crippen LogP contribution in [0.25, 0.3) is 10.9 Å². The van der Waals surface area contributed by atoms with Gasteiger partial charge >= 0.3 is 0 Å². The number of guanidine groups is 1. The van der Waals surface area contributed by atoms with Crippen LogP contribution in [-0.2, 0) is 19.9 Å². The summed E-state index contributed by atoms with van der Waals surface area (Å²) in [4.78, 5) is 10.3. The molecule has 0 aliphatic carbocycles. The lowest BCUT2D eigenvalue weighted by atomic mass is 10.0. The Morgan fingerprint density at radius 1 is 1.36 bits per heavy atom. The van der Waals surface area contributed by atoms with Crippen LogP contribution in [0.15, 0.2) is 41.8 Å². The fraction of sp³-hybridized carbons (Fsp3) is 0.455. The van der Waals surface area contributed by atoms with E-state index in [0.717, 1.165) is 44.9 Å². The van der Waals surface area contributed by atoms with Crippen molar-refractivity contribution in [2.75, 3.05) is 26.7 Å². The monoisotopic (exact) mass is 378 g/mol. The zero-order valence-corrected chi connectivity index (χ0v) is 17.1. The van der Waals surface area contributed by atoms with E-state index in [1.54, 1.807) is 0 Å². The second-order valence-corrected chi connectivity index (χ2v) is 7.61. The van der Waals surface area contributed by atoms with Crippen molar-refractivity contribution in [1.29, 1.82) is 0 Å². The minimum atomic E-state index is 0.535. The smallest absolute Gasteiger partial charge is 0.193 e. The molecule has 0 radical (unpaired) electrons. The molecule has 1 aromatic carbocycles. The Hall–Kier alpha value is -2.76. The number of H-pyrrole nitrogens is 1. The van der Waals surface area contributed by atoms with Crippen molar-refractivity contribution < 1.29 is 0 Å². The van der Waals surface area contributed by atoms with Crippen molar-refractivity contribution in [3.05, 3.63) is 53.5 Å². The number of benzene rings is 1. The normalized spacial score (nSPS) is 17.6. The molecule has 0 saturated carbocycles. The summed E-state index contributed by atoms with van der Waals surface area (Å²) in [7, 11) is 3.85. The van der Waals surface area contributed by atoms with Crippen LogP contribution in [0.3, 0.4) is 0 Å². The number of fused-ring (bicyclic) bond motifs is 1. The number of aromatic nitrogens is 3. The molecule has 4 rings (SSSR count). The second-order valence-electron chi connectivity index (χ2n) is 7.61. The quantitative estimate of drug-likeness (QED) is 0.530. The largest absolute Gasteiger partial charge is 0.361 e. The van der Waals surface area contributed by atoms with E-state index in [0.29, 0.717) is 5.92 Å². The maximum Gasteiger partial charge on any atom is 0.193 e. The SMILES string of the molecule is CCc1cccc2c(CCNC(=NC)N3CCC(c4cnn(C)c4)C3)c[nH]c12. The van der Waals surface area contributed by atoms with Crippen LogP contribution < -0.4 is 5.32 Å². The first-order chi connectivity index (χ1) is 13.7. The summed E-state index contributed by atoms with van der Waals surface area (Å²) in [6.07, 6.45) is 9.45. The predicted molar refractivity (Wildman–Crippen MR) is 115 cm³/mol. The molecule has 0 bridgehead atoms. The number of rotatable bonds is 5. The molecule has 28 heavy (non-hydrogen) atoms. The molecule has 6 heteroatoms. The molecule has 3 heterocycles. The van der Waals surface area contributed by atoms with E-state index in [9.17, 15) is 0 Å². The topological polar surface area (TPSA) is 61.2 Å². The summed E-state index contributed by atoms with van der Waals surface area (Å²) in [5.41, 5.74) is 5.35. The van der Waals surface area contributed by atoms with E-state index in [2.05, 4.69) is 62.8 Å². The average molecular weight is 379 g/mol. The van der Waals surface area contributed by atoms with Gasteiger partial charge in [0.05, 0.1) is 6.20 Å². The summed E-state index contributed by atoms with van der Waals surface area (Å²) >= 11 is 0. The van der Waals surface area contributed by atoms with Crippen molar-refractivity contribution in [1.82, 2.24) is 25.0 Å². The van der Waals surface area contributed by atoms with Crippen LogP contribution in [-0.4, -0.2) is 52.3 Å². The first-order valence-corrected chi connectivity index (χ1v) is 10.2. The van der Waals surface area contributed by atoms with Crippen LogP contribution in [0.1, 0.15) is 36.0 Å². The van der Waals surface area contributed by atoms with Gasteiger partial charge in [0.25, 0.3) is 0 Å². The van der Waals surface area contributed by atoms with Crippen LogP contribution in [0.2, 0.25) is 0 Å². The number of nitrogens with one attached hydrogen (secondary N) is 2. The third kappa shape index (κ3) is 3.63. The third-order valence-electron chi connectivity index (χ3n) is 5.84. The van der Waals surface area contributed by atoms with Gasteiger partial charge < -0.3 is 15.2 Å². The van der Waals surface area contributed by atoms with Crippen molar-refractivity contribution >= 4 is 16.9 Å². The van der Waals surface area contributed by atoms with Crippen molar-refractivity contribution in [3.8, 4) is 0 Å². The molecule has 1 aliphatic rings. The maximum atomic E-state index is 4.51. The molecule has 2 aromatic heterocycles. The van der Waals surface area contributed by atoms with Crippen LogP contribution in [0, 0.1) is 0 Å². The molecular weight excluding hydrogens is 348 g/mol. The second kappa shape index (κ2) is 8.09. The molecule has 1 fully saturated rings. The Morgan fingerprint density at radius 2 is 2.25 bits per heavy atom. The number of aryl methyl sites for hydroxylation is 2.